The summed E-state index contributed by atoms with van der Waals surface area (Å²) in [7, 11) is 0. The van der Waals surface area contributed by atoms with Gasteiger partial charge in [0.25, 0.3) is 0 Å². The topological polar surface area (TPSA) is 46.5 Å². The zero-order valence-electron chi connectivity index (χ0n) is 13.4. The van der Waals surface area contributed by atoms with Crippen molar-refractivity contribution < 1.29 is 14.6 Å². The standard InChI is InChI=1S/C20H22O3/c1-2-3-4-16-5-7-17(8-6-16)9-10-18-11-13-19(14-12-18)23-15-20(21)22/h5-14H,2-4,15H2,1H3,(H,21,22)/b10-9+. The number of carbonyl (C=O) groups is 1. The number of hydrogen-bond donors (Lipinski definition) is 1. The minimum atomic E-state index is -0.976. The minimum Gasteiger partial charge on any atom is -0.482 e. The molecule has 120 valence electrons. The van der Waals surface area contributed by atoms with Gasteiger partial charge in [0.1, 0.15) is 5.75 Å². The van der Waals surface area contributed by atoms with Gasteiger partial charge in [0.05, 0.1) is 0 Å². The predicted octanol–water partition coefficient (Wildman–Crippen LogP) is 4.66. The Morgan fingerprint density at radius 1 is 1.00 bits per heavy atom. The number of aryl methyl sites for hydroxylation is 1. The molecule has 0 aromatic heterocycles. The molecule has 0 aliphatic rings. The molecule has 2 rings (SSSR count). The first-order chi connectivity index (χ1) is 11.2. The van der Waals surface area contributed by atoms with Crippen molar-refractivity contribution in [2.75, 3.05) is 6.61 Å². The third kappa shape index (κ3) is 5.99. The Morgan fingerprint density at radius 2 is 1.57 bits per heavy atom. The first-order valence-electron chi connectivity index (χ1n) is 7.89. The number of ether oxygens (including phenoxy) is 1. The maximum Gasteiger partial charge on any atom is 0.341 e. The Morgan fingerprint density at radius 3 is 2.09 bits per heavy atom. The molecule has 0 saturated heterocycles. The molecular formula is C20H22O3. The molecule has 0 aliphatic carbocycles. The molecule has 2 aromatic carbocycles. The second-order valence-corrected chi connectivity index (χ2v) is 5.43. The highest BCUT2D eigenvalue weighted by Crippen LogP contribution is 2.15. The first-order valence-corrected chi connectivity index (χ1v) is 7.89. The van der Waals surface area contributed by atoms with Gasteiger partial charge in [-0.15, -0.1) is 0 Å². The van der Waals surface area contributed by atoms with E-state index in [0.717, 1.165) is 17.5 Å². The van der Waals surface area contributed by atoms with Crippen LogP contribution in [0.4, 0.5) is 0 Å². The van der Waals surface area contributed by atoms with Crippen LogP contribution >= 0.6 is 0 Å². The molecule has 0 fully saturated rings. The van der Waals surface area contributed by atoms with Crippen LogP contribution in [-0.4, -0.2) is 17.7 Å². The minimum absolute atomic E-state index is 0.320. The third-order valence-electron chi connectivity index (χ3n) is 3.51. The van der Waals surface area contributed by atoms with E-state index in [1.165, 1.54) is 18.4 Å². The smallest absolute Gasteiger partial charge is 0.341 e. The summed E-state index contributed by atoms with van der Waals surface area (Å²) in [5.41, 5.74) is 3.59. The molecule has 0 radical (unpaired) electrons. The molecule has 23 heavy (non-hydrogen) atoms. The Bertz CT molecular complexity index is 640. The predicted molar refractivity (Wildman–Crippen MR) is 93.6 cm³/mol. The van der Waals surface area contributed by atoms with Gasteiger partial charge in [-0.1, -0.05) is 61.9 Å². The van der Waals surface area contributed by atoms with E-state index in [-0.39, 0.29) is 6.61 Å². The number of aliphatic carboxylic acids is 1. The van der Waals surface area contributed by atoms with Gasteiger partial charge < -0.3 is 9.84 Å². The second kappa shape index (κ2) is 8.79. The van der Waals surface area contributed by atoms with Gasteiger partial charge in [-0.05, 0) is 41.7 Å². The van der Waals surface area contributed by atoms with E-state index in [0.29, 0.717) is 5.75 Å². The normalized spacial score (nSPS) is 10.8. The fraction of sp³-hybridized carbons (Fsp3) is 0.250. The summed E-state index contributed by atoms with van der Waals surface area (Å²) in [5, 5.41) is 8.57. The van der Waals surface area contributed by atoms with Crippen LogP contribution in [0.15, 0.2) is 48.5 Å². The molecule has 0 amide bonds. The summed E-state index contributed by atoms with van der Waals surface area (Å²) in [6.45, 7) is 1.88. The maximum atomic E-state index is 10.4. The SMILES string of the molecule is CCCCc1ccc(/C=C/c2ccc(OCC(=O)O)cc2)cc1. The van der Waals surface area contributed by atoms with Crippen molar-refractivity contribution >= 4 is 18.1 Å². The third-order valence-corrected chi connectivity index (χ3v) is 3.51. The molecule has 0 spiro atoms. The molecule has 0 unspecified atom stereocenters. The molecule has 0 bridgehead atoms. The van der Waals surface area contributed by atoms with Crippen molar-refractivity contribution in [2.24, 2.45) is 0 Å². The highest BCUT2D eigenvalue weighted by atomic mass is 16.5. The summed E-state index contributed by atoms with van der Waals surface area (Å²) in [6.07, 6.45) is 7.68. The van der Waals surface area contributed by atoms with Gasteiger partial charge in [0.15, 0.2) is 6.61 Å². The van der Waals surface area contributed by atoms with Crippen molar-refractivity contribution in [3.63, 3.8) is 0 Å². The summed E-state index contributed by atoms with van der Waals surface area (Å²) in [5.74, 6) is -0.416. The lowest BCUT2D eigenvalue weighted by Crippen LogP contribution is -2.09. The average molecular weight is 310 g/mol. The van der Waals surface area contributed by atoms with E-state index in [4.69, 9.17) is 9.84 Å². The van der Waals surface area contributed by atoms with Gasteiger partial charge in [-0.3, -0.25) is 0 Å². The highest BCUT2D eigenvalue weighted by Gasteiger charge is 1.98. The van der Waals surface area contributed by atoms with Crippen LogP contribution in [0, 0.1) is 0 Å². The monoisotopic (exact) mass is 310 g/mol. The lowest BCUT2D eigenvalue weighted by Gasteiger charge is -2.03. The number of unbranched alkanes of at least 4 members (excludes halogenated alkanes) is 1. The van der Waals surface area contributed by atoms with Gasteiger partial charge in [-0.25, -0.2) is 4.79 Å². The van der Waals surface area contributed by atoms with Crippen molar-refractivity contribution in [3.05, 3.63) is 65.2 Å². The number of benzene rings is 2. The molecule has 3 heteroatoms. The Kier molecular flexibility index (Phi) is 6.42. The van der Waals surface area contributed by atoms with Crippen LogP contribution in [0.2, 0.25) is 0 Å². The van der Waals surface area contributed by atoms with E-state index in [1.807, 2.05) is 18.2 Å². The van der Waals surface area contributed by atoms with Gasteiger partial charge >= 0.3 is 5.97 Å². The Hall–Kier alpha value is -2.55. The highest BCUT2D eigenvalue weighted by molar-refractivity contribution is 5.70. The van der Waals surface area contributed by atoms with Crippen molar-refractivity contribution in [1.82, 2.24) is 0 Å². The number of hydrogen-bond acceptors (Lipinski definition) is 2. The molecule has 0 saturated carbocycles. The van der Waals surface area contributed by atoms with Crippen LogP contribution < -0.4 is 4.74 Å². The quantitative estimate of drug-likeness (QED) is 0.721. The number of carboxylic acids is 1. The van der Waals surface area contributed by atoms with Gasteiger partial charge in [-0.2, -0.15) is 0 Å². The van der Waals surface area contributed by atoms with Crippen molar-refractivity contribution in [1.29, 1.82) is 0 Å². The summed E-state index contributed by atoms with van der Waals surface area (Å²) >= 11 is 0. The molecule has 0 heterocycles. The second-order valence-electron chi connectivity index (χ2n) is 5.43. The van der Waals surface area contributed by atoms with E-state index >= 15 is 0 Å². The number of carboxylic acid groups (broad SMARTS) is 1. The van der Waals surface area contributed by atoms with Gasteiger partial charge in [0.2, 0.25) is 0 Å². The van der Waals surface area contributed by atoms with E-state index < -0.39 is 5.97 Å². The largest absolute Gasteiger partial charge is 0.482 e. The fourth-order valence-electron chi connectivity index (χ4n) is 2.19. The summed E-state index contributed by atoms with van der Waals surface area (Å²) in [6, 6.07) is 16.0. The lowest BCUT2D eigenvalue weighted by atomic mass is 10.1. The molecule has 3 nitrogen and oxygen atoms in total. The maximum absolute atomic E-state index is 10.4. The summed E-state index contributed by atoms with van der Waals surface area (Å²) in [4.78, 5) is 10.4. The fourth-order valence-corrected chi connectivity index (χ4v) is 2.19. The van der Waals surface area contributed by atoms with Crippen LogP contribution in [0.25, 0.3) is 12.2 Å². The Labute approximate surface area is 137 Å². The zero-order valence-corrected chi connectivity index (χ0v) is 13.4. The average Bonchev–Trinajstić information content (AvgIpc) is 2.58. The molecule has 0 atom stereocenters. The van der Waals surface area contributed by atoms with Crippen LogP contribution in [-0.2, 0) is 11.2 Å². The Balaban J connectivity index is 1.92. The lowest BCUT2D eigenvalue weighted by molar-refractivity contribution is -0.139. The van der Waals surface area contributed by atoms with Crippen LogP contribution in [0.5, 0.6) is 5.75 Å². The molecule has 2 aromatic rings. The zero-order chi connectivity index (χ0) is 16.5. The van der Waals surface area contributed by atoms with E-state index in [2.05, 4.69) is 37.3 Å². The van der Waals surface area contributed by atoms with Gasteiger partial charge in [0, 0.05) is 0 Å². The van der Waals surface area contributed by atoms with E-state index in [1.54, 1.807) is 12.1 Å². The van der Waals surface area contributed by atoms with Crippen molar-refractivity contribution in [2.45, 2.75) is 26.2 Å². The van der Waals surface area contributed by atoms with Crippen LogP contribution in [0.1, 0.15) is 36.5 Å². The molecular weight excluding hydrogens is 288 g/mol. The van der Waals surface area contributed by atoms with Crippen LogP contribution in [0.3, 0.4) is 0 Å². The summed E-state index contributed by atoms with van der Waals surface area (Å²) < 4.78 is 5.11. The number of rotatable bonds is 8. The first kappa shape index (κ1) is 16.8. The van der Waals surface area contributed by atoms with Crippen molar-refractivity contribution in [3.8, 4) is 5.75 Å². The molecule has 0 aliphatic heterocycles. The van der Waals surface area contributed by atoms with E-state index in [9.17, 15) is 4.79 Å². The molecule has 1 N–H and O–H groups in total.